The van der Waals surface area contributed by atoms with Crippen molar-refractivity contribution >= 4 is 5.82 Å². The zero-order valence-corrected chi connectivity index (χ0v) is 12.0. The van der Waals surface area contributed by atoms with E-state index >= 15 is 0 Å². The van der Waals surface area contributed by atoms with E-state index in [1.807, 2.05) is 0 Å². The van der Waals surface area contributed by atoms with Crippen molar-refractivity contribution in [3.63, 3.8) is 0 Å². The summed E-state index contributed by atoms with van der Waals surface area (Å²) in [7, 11) is 2.10. The van der Waals surface area contributed by atoms with E-state index in [0.29, 0.717) is 6.04 Å². The molecule has 0 radical (unpaired) electrons. The Bertz CT molecular complexity index is 372. The molecule has 1 aromatic rings. The van der Waals surface area contributed by atoms with Crippen LogP contribution in [0.25, 0.3) is 0 Å². The van der Waals surface area contributed by atoms with Crippen LogP contribution < -0.4 is 10.2 Å². The second-order valence-electron chi connectivity index (χ2n) is 4.93. The summed E-state index contributed by atoms with van der Waals surface area (Å²) in [5.74, 6) is 1.11. The predicted octanol–water partition coefficient (Wildman–Crippen LogP) is 2.65. The molecule has 0 saturated heterocycles. The number of pyridine rings is 1. The maximum atomic E-state index is 4.67. The van der Waals surface area contributed by atoms with Gasteiger partial charge in [0.15, 0.2) is 0 Å². The van der Waals surface area contributed by atoms with E-state index in [9.17, 15) is 0 Å². The maximum Gasteiger partial charge on any atom is 0.133 e. The van der Waals surface area contributed by atoms with Gasteiger partial charge in [-0.2, -0.15) is 0 Å². The van der Waals surface area contributed by atoms with Crippen molar-refractivity contribution in [1.29, 1.82) is 0 Å². The zero-order valence-electron chi connectivity index (χ0n) is 12.0. The Morgan fingerprint density at radius 1 is 1.35 bits per heavy atom. The summed E-state index contributed by atoms with van der Waals surface area (Å²) >= 11 is 0. The van der Waals surface area contributed by atoms with Crippen LogP contribution in [0.5, 0.6) is 0 Å². The van der Waals surface area contributed by atoms with Crippen molar-refractivity contribution in [2.75, 3.05) is 18.5 Å². The fraction of sp³-hybridized carbons (Fsp3) is 0.643. The molecule has 1 aromatic heterocycles. The molecule has 17 heavy (non-hydrogen) atoms. The molecule has 96 valence electrons. The minimum atomic E-state index is 0.496. The summed E-state index contributed by atoms with van der Waals surface area (Å²) in [6, 6.07) is 2.65. The van der Waals surface area contributed by atoms with Gasteiger partial charge in [-0.15, -0.1) is 0 Å². The summed E-state index contributed by atoms with van der Waals surface area (Å²) in [4.78, 5) is 6.87. The quantitative estimate of drug-likeness (QED) is 0.850. The molecule has 0 aliphatic heterocycles. The van der Waals surface area contributed by atoms with Gasteiger partial charge in [-0.25, -0.2) is 4.98 Å². The first-order valence-electron chi connectivity index (χ1n) is 6.37. The van der Waals surface area contributed by atoms with Crippen LogP contribution in [0.3, 0.4) is 0 Å². The van der Waals surface area contributed by atoms with Crippen molar-refractivity contribution in [3.8, 4) is 0 Å². The van der Waals surface area contributed by atoms with Gasteiger partial charge in [0, 0.05) is 37.4 Å². The molecule has 0 saturated carbocycles. The molecular formula is C14H25N3. The summed E-state index contributed by atoms with van der Waals surface area (Å²) in [5.41, 5.74) is 3.72. The van der Waals surface area contributed by atoms with Crippen molar-refractivity contribution in [2.24, 2.45) is 0 Å². The largest absolute Gasteiger partial charge is 0.360 e. The van der Waals surface area contributed by atoms with Gasteiger partial charge in [-0.05, 0) is 32.4 Å². The molecule has 0 aliphatic rings. The molecule has 0 aliphatic carbocycles. The van der Waals surface area contributed by atoms with E-state index in [1.54, 1.807) is 0 Å². The normalized spacial score (nSPS) is 11.0. The highest BCUT2D eigenvalue weighted by atomic mass is 15.2. The lowest BCUT2D eigenvalue weighted by Crippen LogP contribution is -2.26. The Morgan fingerprint density at radius 3 is 2.53 bits per heavy atom. The number of nitrogens with zero attached hydrogens (tertiary/aromatic N) is 2. The third kappa shape index (κ3) is 3.70. The highest BCUT2D eigenvalue weighted by Gasteiger charge is 2.12. The smallest absolute Gasteiger partial charge is 0.133 e. The highest BCUT2D eigenvalue weighted by Crippen LogP contribution is 2.21. The van der Waals surface area contributed by atoms with Gasteiger partial charge in [-0.3, -0.25) is 0 Å². The topological polar surface area (TPSA) is 28.2 Å². The Balaban J connectivity index is 3.07. The standard InChI is InChI=1S/C14H25N3/c1-7-17(6)14-13(9-15-10(2)3)11(4)8-12(5)16-14/h8,10,15H,7,9H2,1-6H3. The van der Waals surface area contributed by atoms with Gasteiger partial charge in [0.1, 0.15) is 5.82 Å². The van der Waals surface area contributed by atoms with Gasteiger partial charge in [0.2, 0.25) is 0 Å². The van der Waals surface area contributed by atoms with Gasteiger partial charge in [0.25, 0.3) is 0 Å². The fourth-order valence-electron chi connectivity index (χ4n) is 1.83. The van der Waals surface area contributed by atoms with Gasteiger partial charge in [-0.1, -0.05) is 13.8 Å². The predicted molar refractivity (Wildman–Crippen MR) is 74.6 cm³/mol. The summed E-state index contributed by atoms with van der Waals surface area (Å²) in [5, 5.41) is 3.47. The molecule has 0 spiro atoms. The molecular weight excluding hydrogens is 210 g/mol. The third-order valence-electron chi connectivity index (χ3n) is 2.98. The molecule has 0 fully saturated rings. The number of anilines is 1. The minimum absolute atomic E-state index is 0.496. The molecule has 1 heterocycles. The maximum absolute atomic E-state index is 4.67. The van der Waals surface area contributed by atoms with Gasteiger partial charge in [0.05, 0.1) is 0 Å². The van der Waals surface area contributed by atoms with Crippen LogP contribution in [-0.4, -0.2) is 24.6 Å². The molecule has 3 nitrogen and oxygen atoms in total. The molecule has 0 aromatic carbocycles. The Kier molecular flexibility index (Phi) is 4.94. The average Bonchev–Trinajstić information content (AvgIpc) is 2.25. The second kappa shape index (κ2) is 6.01. The minimum Gasteiger partial charge on any atom is -0.360 e. The van der Waals surface area contributed by atoms with Crippen molar-refractivity contribution in [2.45, 2.75) is 47.2 Å². The number of hydrogen-bond donors (Lipinski definition) is 1. The number of aryl methyl sites for hydroxylation is 2. The van der Waals surface area contributed by atoms with Gasteiger partial charge < -0.3 is 10.2 Å². The van der Waals surface area contributed by atoms with Gasteiger partial charge >= 0.3 is 0 Å². The number of hydrogen-bond acceptors (Lipinski definition) is 3. The van der Waals surface area contributed by atoms with Crippen LogP contribution in [0.1, 0.15) is 37.6 Å². The third-order valence-corrected chi connectivity index (χ3v) is 2.98. The summed E-state index contributed by atoms with van der Waals surface area (Å²) in [6.45, 7) is 12.6. The van der Waals surface area contributed by atoms with Crippen LogP contribution in [0.15, 0.2) is 6.07 Å². The second-order valence-corrected chi connectivity index (χ2v) is 4.93. The van der Waals surface area contributed by atoms with E-state index in [1.165, 1.54) is 11.1 Å². The summed E-state index contributed by atoms with van der Waals surface area (Å²) < 4.78 is 0. The molecule has 1 N–H and O–H groups in total. The van der Waals surface area contributed by atoms with Crippen LogP contribution in [0.4, 0.5) is 5.82 Å². The zero-order chi connectivity index (χ0) is 13.0. The number of aromatic nitrogens is 1. The van der Waals surface area contributed by atoms with Crippen LogP contribution in [0, 0.1) is 13.8 Å². The Labute approximate surface area is 105 Å². The first kappa shape index (κ1) is 14.0. The Hall–Kier alpha value is -1.09. The fourth-order valence-corrected chi connectivity index (χ4v) is 1.83. The molecule has 1 rings (SSSR count). The molecule has 0 bridgehead atoms. The van der Waals surface area contributed by atoms with E-state index in [4.69, 9.17) is 0 Å². The number of rotatable bonds is 5. The average molecular weight is 235 g/mol. The van der Waals surface area contributed by atoms with E-state index in [2.05, 4.69) is 62.9 Å². The van der Waals surface area contributed by atoms with Crippen molar-refractivity contribution in [3.05, 3.63) is 22.9 Å². The SMILES string of the molecule is CCN(C)c1nc(C)cc(C)c1CNC(C)C. The first-order chi connectivity index (χ1) is 7.95. The molecule has 0 unspecified atom stereocenters. The highest BCUT2D eigenvalue weighted by molar-refractivity contribution is 5.51. The summed E-state index contributed by atoms with van der Waals surface area (Å²) in [6.07, 6.45) is 0. The Morgan fingerprint density at radius 2 is 2.00 bits per heavy atom. The van der Waals surface area contributed by atoms with Crippen LogP contribution in [-0.2, 0) is 6.54 Å². The monoisotopic (exact) mass is 235 g/mol. The van der Waals surface area contributed by atoms with E-state index < -0.39 is 0 Å². The molecule has 0 atom stereocenters. The number of nitrogens with one attached hydrogen (secondary N) is 1. The van der Waals surface area contributed by atoms with E-state index in [-0.39, 0.29) is 0 Å². The lowest BCUT2D eigenvalue weighted by Gasteiger charge is -2.22. The van der Waals surface area contributed by atoms with Crippen molar-refractivity contribution in [1.82, 2.24) is 10.3 Å². The lowest BCUT2D eigenvalue weighted by atomic mass is 10.1. The molecule has 3 heteroatoms. The molecule has 0 amide bonds. The van der Waals surface area contributed by atoms with E-state index in [0.717, 1.165) is 24.6 Å². The van der Waals surface area contributed by atoms with Crippen LogP contribution >= 0.6 is 0 Å². The first-order valence-corrected chi connectivity index (χ1v) is 6.37. The van der Waals surface area contributed by atoms with Crippen LogP contribution in [0.2, 0.25) is 0 Å². The van der Waals surface area contributed by atoms with Crippen molar-refractivity contribution < 1.29 is 0 Å². The lowest BCUT2D eigenvalue weighted by molar-refractivity contribution is 0.585.